The fourth-order valence-corrected chi connectivity index (χ4v) is 2.26. The Morgan fingerprint density at radius 2 is 1.83 bits per heavy atom. The van der Waals surface area contributed by atoms with Crippen molar-refractivity contribution in [1.29, 1.82) is 0 Å². The molecule has 4 nitrogen and oxygen atoms in total. The highest BCUT2D eigenvalue weighted by Crippen LogP contribution is 2.28. The summed E-state index contributed by atoms with van der Waals surface area (Å²) in [7, 11) is 0. The number of nitrogens with zero attached hydrogens (tertiary/aromatic N) is 1. The molecule has 0 heterocycles. The van der Waals surface area contributed by atoms with Crippen molar-refractivity contribution in [3.8, 4) is 0 Å². The van der Waals surface area contributed by atoms with Gasteiger partial charge in [-0.3, -0.25) is 4.99 Å². The number of hydrogen-bond donors (Lipinski definition) is 3. The molecule has 3 N–H and O–H groups in total. The number of aliphatic hydroxyl groups is 1. The summed E-state index contributed by atoms with van der Waals surface area (Å²) in [5, 5.41) is 17.0. The Morgan fingerprint density at radius 3 is 2.33 bits per heavy atom. The van der Waals surface area contributed by atoms with E-state index in [1.165, 1.54) is 6.42 Å². The lowest BCUT2D eigenvalue weighted by Crippen LogP contribution is -2.48. The number of guanidine groups is 1. The van der Waals surface area contributed by atoms with E-state index in [1.807, 2.05) is 0 Å². The van der Waals surface area contributed by atoms with E-state index >= 15 is 0 Å². The zero-order valence-electron chi connectivity index (χ0n) is 12.3. The van der Waals surface area contributed by atoms with Crippen LogP contribution in [0.3, 0.4) is 0 Å². The average molecular weight is 255 g/mol. The summed E-state index contributed by atoms with van der Waals surface area (Å²) in [6.07, 6.45) is 5.24. The van der Waals surface area contributed by atoms with Crippen LogP contribution >= 0.6 is 0 Å². The molecule has 0 radical (unpaired) electrons. The standard InChI is InChI=1S/C14H29N3O/c1-5-15-12(17-13(2,3)4)16-11-14(18)9-7-6-8-10-14/h18H,5-11H2,1-4H3,(H2,15,16,17). The van der Waals surface area contributed by atoms with Crippen molar-refractivity contribution in [1.82, 2.24) is 10.6 Å². The maximum absolute atomic E-state index is 10.4. The molecule has 1 rings (SSSR count). The van der Waals surface area contributed by atoms with Crippen molar-refractivity contribution >= 4 is 5.96 Å². The molecule has 0 aromatic rings. The van der Waals surface area contributed by atoms with E-state index in [0.29, 0.717) is 6.54 Å². The molecule has 18 heavy (non-hydrogen) atoms. The summed E-state index contributed by atoms with van der Waals surface area (Å²) in [6.45, 7) is 9.70. The monoisotopic (exact) mass is 255 g/mol. The van der Waals surface area contributed by atoms with Gasteiger partial charge in [-0.15, -0.1) is 0 Å². The van der Waals surface area contributed by atoms with Crippen LogP contribution in [0.1, 0.15) is 59.8 Å². The molecule has 0 bridgehead atoms. The first-order valence-corrected chi connectivity index (χ1v) is 7.13. The maximum Gasteiger partial charge on any atom is 0.191 e. The molecule has 0 aromatic heterocycles. The fraction of sp³-hybridized carbons (Fsp3) is 0.929. The van der Waals surface area contributed by atoms with E-state index in [-0.39, 0.29) is 5.54 Å². The van der Waals surface area contributed by atoms with E-state index in [4.69, 9.17) is 0 Å². The first-order valence-electron chi connectivity index (χ1n) is 7.13. The predicted octanol–water partition coefficient (Wildman–Crippen LogP) is 2.04. The smallest absolute Gasteiger partial charge is 0.191 e. The van der Waals surface area contributed by atoms with Crippen molar-refractivity contribution < 1.29 is 5.11 Å². The van der Waals surface area contributed by atoms with Gasteiger partial charge in [0.15, 0.2) is 5.96 Å². The summed E-state index contributed by atoms with van der Waals surface area (Å²) in [5.41, 5.74) is -0.603. The van der Waals surface area contributed by atoms with Crippen LogP contribution in [0.5, 0.6) is 0 Å². The number of nitrogens with one attached hydrogen (secondary N) is 2. The Bertz CT molecular complexity index is 275. The van der Waals surface area contributed by atoms with E-state index in [2.05, 4.69) is 43.3 Å². The third-order valence-electron chi connectivity index (χ3n) is 3.15. The molecule has 0 aromatic carbocycles. The average Bonchev–Trinajstić information content (AvgIpc) is 2.26. The molecule has 0 aliphatic heterocycles. The molecule has 1 aliphatic carbocycles. The first kappa shape index (κ1) is 15.3. The van der Waals surface area contributed by atoms with Crippen LogP contribution in [0.25, 0.3) is 0 Å². The minimum atomic E-state index is -0.585. The third-order valence-corrected chi connectivity index (χ3v) is 3.15. The largest absolute Gasteiger partial charge is 0.388 e. The summed E-state index contributed by atoms with van der Waals surface area (Å²) in [4.78, 5) is 4.54. The molecule has 1 fully saturated rings. The van der Waals surface area contributed by atoms with E-state index in [0.717, 1.165) is 38.2 Å². The van der Waals surface area contributed by atoms with Gasteiger partial charge in [-0.25, -0.2) is 0 Å². The second-order valence-electron chi connectivity index (χ2n) is 6.36. The molecule has 0 atom stereocenters. The molecular formula is C14H29N3O. The van der Waals surface area contributed by atoms with Crippen LogP contribution in [0.4, 0.5) is 0 Å². The summed E-state index contributed by atoms with van der Waals surface area (Å²) in [6, 6.07) is 0. The lowest BCUT2D eigenvalue weighted by atomic mass is 9.85. The molecule has 0 amide bonds. The van der Waals surface area contributed by atoms with Gasteiger partial charge in [-0.05, 0) is 40.5 Å². The van der Waals surface area contributed by atoms with Gasteiger partial charge in [0.05, 0.1) is 12.1 Å². The Kier molecular flexibility index (Phi) is 5.45. The highest BCUT2D eigenvalue weighted by molar-refractivity contribution is 5.80. The highest BCUT2D eigenvalue weighted by Gasteiger charge is 2.29. The van der Waals surface area contributed by atoms with Crippen molar-refractivity contribution in [3.63, 3.8) is 0 Å². The Hall–Kier alpha value is -0.770. The van der Waals surface area contributed by atoms with Crippen LogP contribution in [0.2, 0.25) is 0 Å². The fourth-order valence-electron chi connectivity index (χ4n) is 2.26. The molecule has 4 heteroatoms. The highest BCUT2D eigenvalue weighted by atomic mass is 16.3. The second kappa shape index (κ2) is 6.41. The zero-order chi connectivity index (χ0) is 13.6. The Morgan fingerprint density at radius 1 is 1.22 bits per heavy atom. The number of hydrogen-bond acceptors (Lipinski definition) is 2. The van der Waals surface area contributed by atoms with Gasteiger partial charge in [-0.1, -0.05) is 19.3 Å². The lowest BCUT2D eigenvalue weighted by molar-refractivity contribution is 0.0131. The van der Waals surface area contributed by atoms with Gasteiger partial charge in [0, 0.05) is 12.1 Å². The predicted molar refractivity (Wildman–Crippen MR) is 76.9 cm³/mol. The molecule has 0 saturated heterocycles. The van der Waals surface area contributed by atoms with Gasteiger partial charge >= 0.3 is 0 Å². The minimum Gasteiger partial charge on any atom is -0.388 e. The number of aliphatic imine (C=N–C) groups is 1. The topological polar surface area (TPSA) is 56.7 Å². The molecule has 0 spiro atoms. The van der Waals surface area contributed by atoms with Crippen LogP contribution in [0.15, 0.2) is 4.99 Å². The normalized spacial score (nSPS) is 20.6. The van der Waals surface area contributed by atoms with Crippen LogP contribution in [-0.2, 0) is 0 Å². The molecule has 106 valence electrons. The van der Waals surface area contributed by atoms with Gasteiger partial charge in [-0.2, -0.15) is 0 Å². The van der Waals surface area contributed by atoms with Gasteiger partial charge < -0.3 is 15.7 Å². The van der Waals surface area contributed by atoms with Gasteiger partial charge in [0.25, 0.3) is 0 Å². The zero-order valence-corrected chi connectivity index (χ0v) is 12.3. The quantitative estimate of drug-likeness (QED) is 0.534. The summed E-state index contributed by atoms with van der Waals surface area (Å²) < 4.78 is 0. The Labute approximate surface area is 111 Å². The first-order chi connectivity index (χ1) is 8.35. The molecule has 0 unspecified atom stereocenters. The van der Waals surface area contributed by atoms with Crippen LogP contribution < -0.4 is 10.6 Å². The van der Waals surface area contributed by atoms with Crippen molar-refractivity contribution in [2.24, 2.45) is 4.99 Å². The second-order valence-corrected chi connectivity index (χ2v) is 6.36. The number of rotatable bonds is 3. The maximum atomic E-state index is 10.4. The van der Waals surface area contributed by atoms with E-state index in [9.17, 15) is 5.11 Å². The minimum absolute atomic E-state index is 0.0177. The summed E-state index contributed by atoms with van der Waals surface area (Å²) >= 11 is 0. The van der Waals surface area contributed by atoms with E-state index < -0.39 is 5.60 Å². The van der Waals surface area contributed by atoms with Gasteiger partial charge in [0.2, 0.25) is 0 Å². The van der Waals surface area contributed by atoms with Crippen molar-refractivity contribution in [3.05, 3.63) is 0 Å². The van der Waals surface area contributed by atoms with Crippen LogP contribution in [0, 0.1) is 0 Å². The summed E-state index contributed by atoms with van der Waals surface area (Å²) in [5.74, 6) is 0.795. The molecule has 1 aliphatic rings. The van der Waals surface area contributed by atoms with Crippen molar-refractivity contribution in [2.75, 3.05) is 13.1 Å². The Balaban J connectivity index is 2.58. The van der Waals surface area contributed by atoms with E-state index in [1.54, 1.807) is 0 Å². The van der Waals surface area contributed by atoms with Crippen molar-refractivity contribution in [2.45, 2.75) is 70.9 Å². The van der Waals surface area contributed by atoms with Gasteiger partial charge in [0.1, 0.15) is 0 Å². The third kappa shape index (κ3) is 5.71. The molecular weight excluding hydrogens is 226 g/mol. The SMILES string of the molecule is CCNC(=NCC1(O)CCCCC1)NC(C)(C)C. The van der Waals surface area contributed by atoms with Crippen LogP contribution in [-0.4, -0.2) is 35.3 Å². The molecule has 1 saturated carbocycles. The lowest BCUT2D eigenvalue weighted by Gasteiger charge is -2.31.